The van der Waals surface area contributed by atoms with Gasteiger partial charge in [0.15, 0.2) is 8.32 Å². The maximum atomic E-state index is 12.0. The van der Waals surface area contributed by atoms with Gasteiger partial charge >= 0.3 is 6.09 Å². The Labute approximate surface area is 149 Å². The van der Waals surface area contributed by atoms with Crippen LogP contribution in [0.2, 0.25) is 18.1 Å². The molecule has 1 amide bonds. The van der Waals surface area contributed by atoms with Crippen LogP contribution in [0, 0.1) is 5.41 Å². The summed E-state index contributed by atoms with van der Waals surface area (Å²) in [5.41, 5.74) is 1.25. The van der Waals surface area contributed by atoms with Crippen LogP contribution in [-0.2, 0) is 9.16 Å². The molecule has 0 fully saturated rings. The quantitative estimate of drug-likeness (QED) is 0.641. The smallest absolute Gasteiger partial charge is 0.414 e. The fourth-order valence-electron chi connectivity index (χ4n) is 2.33. The van der Waals surface area contributed by atoms with E-state index in [4.69, 9.17) is 9.16 Å². The third-order valence-corrected chi connectivity index (χ3v) is 9.30. The van der Waals surface area contributed by atoms with E-state index < -0.39 is 8.32 Å². The molecule has 1 unspecified atom stereocenters. The van der Waals surface area contributed by atoms with Gasteiger partial charge in [0.1, 0.15) is 0 Å². The largest absolute Gasteiger partial charge is 0.452 e. The second-order valence-electron chi connectivity index (χ2n) is 9.32. The van der Waals surface area contributed by atoms with Crippen molar-refractivity contribution in [2.24, 2.45) is 5.41 Å². The lowest BCUT2D eigenvalue weighted by Crippen LogP contribution is -2.42. The summed E-state index contributed by atoms with van der Waals surface area (Å²) in [5, 5.41) is 0.189. The summed E-state index contributed by atoms with van der Waals surface area (Å²) in [6, 6.07) is 0.000431. The van der Waals surface area contributed by atoms with Gasteiger partial charge < -0.3 is 9.16 Å². The van der Waals surface area contributed by atoms with E-state index in [1.807, 2.05) is 12.3 Å². The predicted molar refractivity (Wildman–Crippen MR) is 102 cm³/mol. The van der Waals surface area contributed by atoms with Gasteiger partial charge in [-0.2, -0.15) is 0 Å². The highest BCUT2D eigenvalue weighted by Crippen LogP contribution is 2.37. The molecule has 1 aliphatic heterocycles. The Hall–Kier alpha value is -1.07. The van der Waals surface area contributed by atoms with Crippen molar-refractivity contribution in [3.8, 4) is 0 Å². The van der Waals surface area contributed by atoms with E-state index in [-0.39, 0.29) is 22.6 Å². The molecule has 0 N–H and O–H groups in total. The zero-order chi connectivity index (χ0) is 18.8. The second-order valence-corrected chi connectivity index (χ2v) is 14.1. The van der Waals surface area contributed by atoms with Crippen molar-refractivity contribution in [1.82, 2.24) is 4.90 Å². The maximum absolute atomic E-state index is 12.0. The summed E-state index contributed by atoms with van der Waals surface area (Å²) in [6.45, 7) is 18.4. The highest BCUT2D eigenvalue weighted by molar-refractivity contribution is 6.74. The molecule has 0 radical (unpaired) electrons. The molecule has 138 valence electrons. The van der Waals surface area contributed by atoms with Crippen LogP contribution in [0.25, 0.3) is 0 Å². The summed E-state index contributed by atoms with van der Waals surface area (Å²) in [4.78, 5) is 13.7. The highest BCUT2D eigenvalue weighted by atomic mass is 28.4. The fraction of sp³-hybridized carbons (Fsp3) is 0.737. The van der Waals surface area contributed by atoms with Crippen LogP contribution < -0.4 is 0 Å². The van der Waals surface area contributed by atoms with E-state index in [0.717, 1.165) is 12.0 Å². The first kappa shape index (κ1) is 21.0. The summed E-state index contributed by atoms with van der Waals surface area (Å²) in [6.07, 6.45) is 6.49. The third-order valence-electron chi connectivity index (χ3n) is 4.83. The van der Waals surface area contributed by atoms with Gasteiger partial charge in [-0.3, -0.25) is 4.90 Å². The van der Waals surface area contributed by atoms with Crippen LogP contribution in [0.5, 0.6) is 0 Å². The molecule has 1 atom stereocenters. The Morgan fingerprint density at radius 1 is 1.21 bits per heavy atom. The summed E-state index contributed by atoms with van der Waals surface area (Å²) < 4.78 is 11.2. The monoisotopic (exact) mass is 353 g/mol. The molecule has 0 spiro atoms. The van der Waals surface area contributed by atoms with E-state index in [0.29, 0.717) is 6.61 Å². The molecule has 5 heteroatoms. The normalized spacial score (nSPS) is 19.3. The average Bonchev–Trinajstić information content (AvgIpc) is 2.41. The predicted octanol–water partition coefficient (Wildman–Crippen LogP) is 5.34. The number of methoxy groups -OCH3 is 1. The van der Waals surface area contributed by atoms with Crippen molar-refractivity contribution >= 4 is 14.4 Å². The Morgan fingerprint density at radius 2 is 1.79 bits per heavy atom. The van der Waals surface area contributed by atoms with Gasteiger partial charge in [-0.15, -0.1) is 0 Å². The number of amides is 1. The minimum absolute atomic E-state index is 0.000431. The second kappa shape index (κ2) is 7.44. The third kappa shape index (κ3) is 5.78. The molecule has 1 aliphatic rings. The summed E-state index contributed by atoms with van der Waals surface area (Å²) >= 11 is 0. The van der Waals surface area contributed by atoms with E-state index in [1.165, 1.54) is 7.11 Å². The van der Waals surface area contributed by atoms with Crippen LogP contribution >= 0.6 is 0 Å². The molecule has 0 saturated carbocycles. The number of carbonyl (C=O) groups is 1. The zero-order valence-corrected chi connectivity index (χ0v) is 17.9. The van der Waals surface area contributed by atoms with Crippen molar-refractivity contribution in [2.45, 2.75) is 72.1 Å². The number of carbonyl (C=O) groups excluding carboxylic acids is 1. The zero-order valence-electron chi connectivity index (χ0n) is 16.9. The molecule has 0 aliphatic carbocycles. The van der Waals surface area contributed by atoms with Crippen molar-refractivity contribution < 1.29 is 14.0 Å². The van der Waals surface area contributed by atoms with Gasteiger partial charge in [0.05, 0.1) is 19.8 Å². The van der Waals surface area contributed by atoms with E-state index >= 15 is 0 Å². The Morgan fingerprint density at radius 3 is 2.25 bits per heavy atom. The number of hydrogen-bond acceptors (Lipinski definition) is 3. The summed E-state index contributed by atoms with van der Waals surface area (Å²) in [5.74, 6) is 0. The molecular weight excluding hydrogens is 318 g/mol. The van der Waals surface area contributed by atoms with E-state index in [1.54, 1.807) is 4.90 Å². The van der Waals surface area contributed by atoms with Crippen LogP contribution in [0.4, 0.5) is 4.79 Å². The molecule has 0 aromatic heterocycles. The van der Waals surface area contributed by atoms with Gasteiger partial charge in [-0.25, -0.2) is 4.79 Å². The lowest BCUT2D eigenvalue weighted by atomic mass is 9.86. The van der Waals surface area contributed by atoms with Gasteiger partial charge in [-0.1, -0.05) is 47.6 Å². The van der Waals surface area contributed by atoms with Crippen LogP contribution in [0.15, 0.2) is 23.9 Å². The Bertz CT molecular complexity index is 510. The number of rotatable bonds is 4. The lowest BCUT2D eigenvalue weighted by molar-refractivity contribution is 0.123. The molecule has 0 aromatic carbocycles. The first-order valence-corrected chi connectivity index (χ1v) is 11.6. The number of hydrogen-bond donors (Lipinski definition) is 0. The van der Waals surface area contributed by atoms with Crippen molar-refractivity contribution in [1.29, 1.82) is 0 Å². The number of nitrogens with zero attached hydrogens (tertiary/aromatic N) is 1. The van der Waals surface area contributed by atoms with E-state index in [9.17, 15) is 4.79 Å². The maximum Gasteiger partial charge on any atom is 0.414 e. The Kier molecular flexibility index (Phi) is 6.50. The molecule has 4 nitrogen and oxygen atoms in total. The highest BCUT2D eigenvalue weighted by Gasteiger charge is 2.37. The van der Waals surface area contributed by atoms with Crippen LogP contribution in [-0.4, -0.2) is 39.1 Å². The molecule has 0 aromatic rings. The lowest BCUT2D eigenvalue weighted by Gasteiger charge is -2.37. The van der Waals surface area contributed by atoms with Crippen molar-refractivity contribution in [3.63, 3.8) is 0 Å². The molecule has 0 bridgehead atoms. The van der Waals surface area contributed by atoms with Gasteiger partial charge in [0.2, 0.25) is 0 Å². The van der Waals surface area contributed by atoms with Crippen molar-refractivity contribution in [3.05, 3.63) is 23.9 Å². The molecule has 1 rings (SSSR count). The molecule has 0 saturated heterocycles. The van der Waals surface area contributed by atoms with Gasteiger partial charge in [-0.05, 0) is 41.6 Å². The number of ether oxygens (including phenoxy) is 1. The SMILES string of the molecule is COC(=O)N1C=CC(CO[Si](C)(C)C(C)(C)C)=CC1CC(C)(C)C. The van der Waals surface area contributed by atoms with Crippen LogP contribution in [0.3, 0.4) is 0 Å². The van der Waals surface area contributed by atoms with Crippen LogP contribution in [0.1, 0.15) is 48.0 Å². The first-order valence-electron chi connectivity index (χ1n) is 8.66. The molecule has 1 heterocycles. The summed E-state index contributed by atoms with van der Waals surface area (Å²) in [7, 11) is -0.363. The standard InChI is InChI=1S/C19H35NO3Si/c1-18(2,3)13-16-12-15(10-11-20(16)17(21)22-7)14-23-24(8,9)19(4,5)6/h10-12,16H,13-14H2,1-9H3. The van der Waals surface area contributed by atoms with E-state index in [2.05, 4.69) is 60.7 Å². The molecule has 24 heavy (non-hydrogen) atoms. The van der Waals surface area contributed by atoms with Crippen molar-refractivity contribution in [2.75, 3.05) is 13.7 Å². The topological polar surface area (TPSA) is 38.8 Å². The van der Waals surface area contributed by atoms with Gasteiger partial charge in [0.25, 0.3) is 0 Å². The first-order chi connectivity index (χ1) is 10.8. The van der Waals surface area contributed by atoms with Gasteiger partial charge in [0, 0.05) is 6.20 Å². The minimum Gasteiger partial charge on any atom is -0.452 e. The average molecular weight is 354 g/mol. The fourth-order valence-corrected chi connectivity index (χ4v) is 3.29. The Balaban J connectivity index is 2.89. The molecular formula is C19H35NO3Si. The minimum atomic E-state index is -1.78.